The predicted octanol–water partition coefficient (Wildman–Crippen LogP) is 5.24. The summed E-state index contributed by atoms with van der Waals surface area (Å²) in [5.74, 6) is 0. The molecule has 0 N–H and O–H groups in total. The second-order valence-corrected chi connectivity index (χ2v) is 8.92. The maximum absolute atomic E-state index is 6.02. The fraction of sp³-hybridized carbons (Fsp3) is 0.167. The van der Waals surface area contributed by atoms with Crippen LogP contribution in [0.4, 0.5) is 0 Å². The van der Waals surface area contributed by atoms with Gasteiger partial charge in [0.25, 0.3) is 0 Å². The van der Waals surface area contributed by atoms with Crippen LogP contribution in [0, 0.1) is 0 Å². The minimum atomic E-state index is -1.90. The van der Waals surface area contributed by atoms with Crippen LogP contribution >= 0.6 is 0 Å². The van der Waals surface area contributed by atoms with Gasteiger partial charge in [-0.1, -0.05) is 66.7 Å². The van der Waals surface area contributed by atoms with Crippen LogP contribution in [0.2, 0.25) is 0 Å². The molecule has 0 radical (unpaired) electrons. The topological polar surface area (TPSA) is 18.5 Å². The van der Waals surface area contributed by atoms with Crippen molar-refractivity contribution in [3.8, 4) is 0 Å². The van der Waals surface area contributed by atoms with Crippen LogP contribution in [0.1, 0.15) is 13.8 Å². The molecule has 0 fully saturated rings. The third-order valence-corrected chi connectivity index (χ3v) is 7.54. The van der Waals surface area contributed by atoms with E-state index in [0.717, 1.165) is 0 Å². The van der Waals surface area contributed by atoms with Gasteiger partial charge >= 0.3 is 9.28 Å². The molecular weight excluding hydrogens is 348 g/mol. The third-order valence-electron chi connectivity index (χ3n) is 5.39. The Morgan fingerprint density at radius 2 is 1.15 bits per heavy atom. The van der Waals surface area contributed by atoms with E-state index < -0.39 is 9.28 Å². The van der Waals surface area contributed by atoms with E-state index in [1.54, 1.807) is 0 Å². The fourth-order valence-corrected chi connectivity index (χ4v) is 6.06. The predicted molar refractivity (Wildman–Crippen MR) is 118 cm³/mol. The molecular formula is C24H22O2Si. The first-order chi connectivity index (χ1) is 13.3. The van der Waals surface area contributed by atoms with Gasteiger partial charge in [-0.3, -0.25) is 0 Å². The van der Waals surface area contributed by atoms with Gasteiger partial charge in [0.15, 0.2) is 0 Å². The van der Waals surface area contributed by atoms with E-state index in [1.807, 2.05) is 13.8 Å². The maximum Gasteiger partial charge on any atom is 0.355 e. The lowest BCUT2D eigenvalue weighted by atomic mass is 9.90. The molecule has 0 heterocycles. The zero-order valence-corrected chi connectivity index (χ0v) is 16.8. The first-order valence-electron chi connectivity index (χ1n) is 9.64. The molecule has 5 aromatic rings. The second kappa shape index (κ2) is 6.61. The molecule has 5 aromatic carbocycles. The van der Waals surface area contributed by atoms with Gasteiger partial charge < -0.3 is 8.85 Å². The van der Waals surface area contributed by atoms with Gasteiger partial charge in [-0.2, -0.15) is 0 Å². The lowest BCUT2D eigenvalue weighted by Crippen LogP contribution is -2.37. The van der Waals surface area contributed by atoms with Crippen LogP contribution in [-0.4, -0.2) is 22.5 Å². The van der Waals surface area contributed by atoms with Crippen molar-refractivity contribution in [2.24, 2.45) is 0 Å². The standard InChI is InChI=1S/C24H22O2Si/c1-3-25-27(26-4-2)18-14-17-10-7-12-20-19-11-5-8-16-9-6-13-21(23(16)19)22(15-18)24(17)20/h5-15,27H,3-4H2,1-2H3. The molecule has 134 valence electrons. The maximum atomic E-state index is 6.02. The van der Waals surface area contributed by atoms with Crippen molar-refractivity contribution >= 4 is 57.6 Å². The first kappa shape index (κ1) is 16.7. The van der Waals surface area contributed by atoms with E-state index in [1.165, 1.54) is 48.3 Å². The van der Waals surface area contributed by atoms with Crippen LogP contribution in [-0.2, 0) is 8.85 Å². The largest absolute Gasteiger partial charge is 0.394 e. The number of hydrogen-bond donors (Lipinski definition) is 0. The summed E-state index contributed by atoms with van der Waals surface area (Å²) in [6.45, 7) is 5.45. The monoisotopic (exact) mass is 370 g/mol. The second-order valence-electron chi connectivity index (χ2n) is 6.92. The number of benzene rings is 5. The molecule has 0 aliphatic carbocycles. The summed E-state index contributed by atoms with van der Waals surface area (Å²) in [7, 11) is -1.90. The molecule has 0 aromatic heterocycles. The van der Waals surface area contributed by atoms with Crippen molar-refractivity contribution in [3.63, 3.8) is 0 Å². The van der Waals surface area contributed by atoms with Crippen LogP contribution < -0.4 is 5.19 Å². The molecule has 2 nitrogen and oxygen atoms in total. The van der Waals surface area contributed by atoms with Crippen molar-refractivity contribution in [2.45, 2.75) is 13.8 Å². The Labute approximate surface area is 160 Å². The molecule has 0 amide bonds. The number of rotatable bonds is 5. The van der Waals surface area contributed by atoms with Crippen molar-refractivity contribution in [1.29, 1.82) is 0 Å². The zero-order chi connectivity index (χ0) is 18.4. The van der Waals surface area contributed by atoms with Crippen LogP contribution in [0.25, 0.3) is 43.1 Å². The molecule has 0 aliphatic heterocycles. The highest BCUT2D eigenvalue weighted by Crippen LogP contribution is 2.39. The van der Waals surface area contributed by atoms with Crippen molar-refractivity contribution in [1.82, 2.24) is 0 Å². The van der Waals surface area contributed by atoms with Gasteiger partial charge in [-0.25, -0.2) is 0 Å². The first-order valence-corrected chi connectivity index (χ1v) is 11.2. The lowest BCUT2D eigenvalue weighted by molar-refractivity contribution is 0.225. The molecule has 0 saturated heterocycles. The van der Waals surface area contributed by atoms with Crippen molar-refractivity contribution < 1.29 is 8.85 Å². The number of fused-ring (bicyclic) bond motifs is 2. The molecule has 0 saturated carbocycles. The highest BCUT2D eigenvalue weighted by atomic mass is 28.3. The summed E-state index contributed by atoms with van der Waals surface area (Å²) in [5.41, 5.74) is 0. The Balaban J connectivity index is 1.95. The van der Waals surface area contributed by atoms with Gasteiger partial charge in [-0.05, 0) is 62.1 Å². The number of hydrogen-bond acceptors (Lipinski definition) is 2. The summed E-state index contributed by atoms with van der Waals surface area (Å²) in [6.07, 6.45) is 0. The van der Waals surface area contributed by atoms with Gasteiger partial charge in [-0.15, -0.1) is 0 Å². The molecule has 5 rings (SSSR count). The zero-order valence-electron chi connectivity index (χ0n) is 15.7. The molecule has 3 heteroatoms. The van der Waals surface area contributed by atoms with E-state index in [2.05, 4.69) is 66.7 Å². The molecule has 0 bridgehead atoms. The summed E-state index contributed by atoms with van der Waals surface area (Å²) in [5, 5.41) is 11.7. The Bertz CT molecular complexity index is 1250. The Morgan fingerprint density at radius 1 is 0.630 bits per heavy atom. The van der Waals surface area contributed by atoms with Crippen molar-refractivity contribution in [2.75, 3.05) is 13.2 Å². The molecule has 0 atom stereocenters. The minimum Gasteiger partial charge on any atom is -0.394 e. The Morgan fingerprint density at radius 3 is 1.74 bits per heavy atom. The fourth-order valence-electron chi connectivity index (χ4n) is 4.36. The average molecular weight is 371 g/mol. The van der Waals surface area contributed by atoms with E-state index in [9.17, 15) is 0 Å². The highest BCUT2D eigenvalue weighted by molar-refractivity contribution is 6.62. The van der Waals surface area contributed by atoms with Gasteiger partial charge in [0.05, 0.1) is 0 Å². The van der Waals surface area contributed by atoms with Crippen LogP contribution in [0.5, 0.6) is 0 Å². The van der Waals surface area contributed by atoms with Gasteiger partial charge in [0, 0.05) is 13.2 Å². The summed E-state index contributed by atoms with van der Waals surface area (Å²) >= 11 is 0. The summed E-state index contributed by atoms with van der Waals surface area (Å²) < 4.78 is 12.0. The Kier molecular flexibility index (Phi) is 4.08. The lowest BCUT2D eigenvalue weighted by Gasteiger charge is -2.19. The SMILES string of the molecule is CCO[SiH](OCC)c1cc2cccc3c4cccc5cccc(c(c1)c23)c54. The van der Waals surface area contributed by atoms with Crippen LogP contribution in [0.15, 0.2) is 66.7 Å². The average Bonchev–Trinajstić information content (AvgIpc) is 2.71. The molecule has 0 spiro atoms. The quantitative estimate of drug-likeness (QED) is 0.239. The normalized spacial score (nSPS) is 12.3. The van der Waals surface area contributed by atoms with Crippen LogP contribution in [0.3, 0.4) is 0 Å². The van der Waals surface area contributed by atoms with E-state index in [0.29, 0.717) is 13.2 Å². The Hall–Kier alpha value is -2.46. The van der Waals surface area contributed by atoms with E-state index in [4.69, 9.17) is 8.85 Å². The third kappa shape index (κ3) is 2.54. The van der Waals surface area contributed by atoms with Gasteiger partial charge in [0.2, 0.25) is 0 Å². The van der Waals surface area contributed by atoms with E-state index in [-0.39, 0.29) is 0 Å². The highest BCUT2D eigenvalue weighted by Gasteiger charge is 2.19. The van der Waals surface area contributed by atoms with E-state index >= 15 is 0 Å². The summed E-state index contributed by atoms with van der Waals surface area (Å²) in [4.78, 5) is 0. The van der Waals surface area contributed by atoms with Gasteiger partial charge in [0.1, 0.15) is 0 Å². The van der Waals surface area contributed by atoms with Crippen molar-refractivity contribution in [3.05, 3.63) is 66.7 Å². The minimum absolute atomic E-state index is 0.683. The molecule has 0 unspecified atom stereocenters. The molecule has 0 aliphatic rings. The molecule has 27 heavy (non-hydrogen) atoms. The smallest absolute Gasteiger partial charge is 0.355 e. The summed E-state index contributed by atoms with van der Waals surface area (Å²) in [6, 6.07) is 24.4.